The molecule has 0 saturated heterocycles. The summed E-state index contributed by atoms with van der Waals surface area (Å²) < 4.78 is 55.3. The Bertz CT molecular complexity index is 1600. The average molecular weight is 667 g/mol. The quantitative estimate of drug-likeness (QED) is 0.269. The summed E-state index contributed by atoms with van der Waals surface area (Å²) in [5, 5.41) is 5.53. The van der Waals surface area contributed by atoms with Gasteiger partial charge in [0, 0.05) is 48.7 Å². The molecular formula is C34H42N4O6S2. The van der Waals surface area contributed by atoms with Crippen LogP contribution in [0.15, 0.2) is 82.6 Å². The lowest BCUT2D eigenvalue weighted by Gasteiger charge is -2.30. The van der Waals surface area contributed by atoms with Crippen LogP contribution in [0, 0.1) is 0 Å². The van der Waals surface area contributed by atoms with Crippen molar-refractivity contribution in [3.05, 3.63) is 83.9 Å². The Morgan fingerprint density at radius 1 is 0.522 bits per heavy atom. The van der Waals surface area contributed by atoms with Gasteiger partial charge in [-0.15, -0.1) is 0 Å². The van der Waals surface area contributed by atoms with E-state index in [4.69, 9.17) is 0 Å². The molecule has 0 aliphatic heterocycles. The van der Waals surface area contributed by atoms with Crippen molar-refractivity contribution in [3.63, 3.8) is 0 Å². The van der Waals surface area contributed by atoms with Crippen molar-refractivity contribution in [3.8, 4) is 0 Å². The second-order valence-electron chi connectivity index (χ2n) is 12.2. The molecule has 2 amide bonds. The van der Waals surface area contributed by atoms with Crippen molar-refractivity contribution in [2.24, 2.45) is 0 Å². The summed E-state index contributed by atoms with van der Waals surface area (Å²) in [5.41, 5.74) is 1.53. The van der Waals surface area contributed by atoms with Gasteiger partial charge in [-0.2, -0.15) is 8.61 Å². The van der Waals surface area contributed by atoms with Gasteiger partial charge in [0.25, 0.3) is 11.8 Å². The summed E-state index contributed by atoms with van der Waals surface area (Å²) in [6.45, 7) is 0. The number of anilines is 2. The molecule has 2 fully saturated rings. The molecule has 0 aromatic heterocycles. The van der Waals surface area contributed by atoms with Crippen molar-refractivity contribution in [2.45, 2.75) is 86.1 Å². The molecule has 3 aromatic carbocycles. The fraction of sp³-hybridized carbons (Fsp3) is 0.412. The fourth-order valence-corrected chi connectivity index (χ4v) is 9.05. The number of hydrogen-bond donors (Lipinski definition) is 2. The lowest BCUT2D eigenvalue weighted by Crippen LogP contribution is -2.38. The Kier molecular flexibility index (Phi) is 10.6. The van der Waals surface area contributed by atoms with E-state index in [1.54, 1.807) is 38.4 Å². The first kappa shape index (κ1) is 33.8. The highest BCUT2D eigenvalue weighted by molar-refractivity contribution is 7.89. The topological polar surface area (TPSA) is 133 Å². The van der Waals surface area contributed by atoms with E-state index in [1.807, 2.05) is 0 Å². The van der Waals surface area contributed by atoms with Crippen LogP contribution in [0.3, 0.4) is 0 Å². The van der Waals surface area contributed by atoms with E-state index < -0.39 is 31.9 Å². The van der Waals surface area contributed by atoms with Crippen LogP contribution in [0.5, 0.6) is 0 Å². The largest absolute Gasteiger partial charge is 0.322 e. The minimum Gasteiger partial charge on any atom is -0.322 e. The van der Waals surface area contributed by atoms with Crippen LogP contribution in [0.25, 0.3) is 0 Å². The molecule has 0 heterocycles. The van der Waals surface area contributed by atoms with Gasteiger partial charge >= 0.3 is 0 Å². The van der Waals surface area contributed by atoms with Gasteiger partial charge in [0.05, 0.1) is 9.79 Å². The van der Waals surface area contributed by atoms with Gasteiger partial charge in [-0.05, 0) is 98.5 Å². The van der Waals surface area contributed by atoms with E-state index in [1.165, 1.54) is 57.1 Å². The highest BCUT2D eigenvalue weighted by Crippen LogP contribution is 2.28. The van der Waals surface area contributed by atoms with Crippen molar-refractivity contribution in [2.75, 3.05) is 24.7 Å². The number of benzene rings is 3. The smallest absolute Gasteiger partial charge is 0.255 e. The maximum absolute atomic E-state index is 13.1. The Morgan fingerprint density at radius 3 is 1.13 bits per heavy atom. The maximum atomic E-state index is 13.1. The predicted molar refractivity (Wildman–Crippen MR) is 179 cm³/mol. The molecule has 2 saturated carbocycles. The molecule has 2 aliphatic rings. The number of nitrogens with one attached hydrogen (secondary N) is 2. The molecule has 0 atom stereocenters. The molecule has 0 radical (unpaired) electrons. The Hall–Kier alpha value is -3.58. The van der Waals surface area contributed by atoms with Gasteiger partial charge in [-0.1, -0.05) is 38.5 Å². The lowest BCUT2D eigenvalue weighted by atomic mass is 9.96. The Morgan fingerprint density at radius 2 is 0.826 bits per heavy atom. The van der Waals surface area contributed by atoms with Gasteiger partial charge in [-0.3, -0.25) is 9.59 Å². The van der Waals surface area contributed by atoms with Crippen LogP contribution < -0.4 is 10.6 Å². The molecular weight excluding hydrogens is 625 g/mol. The number of hydrogen-bond acceptors (Lipinski definition) is 6. The van der Waals surface area contributed by atoms with E-state index in [-0.39, 0.29) is 21.9 Å². The summed E-state index contributed by atoms with van der Waals surface area (Å²) in [6.07, 6.45) is 9.84. The normalized spacial score (nSPS) is 16.8. The van der Waals surface area contributed by atoms with Crippen molar-refractivity contribution in [1.82, 2.24) is 8.61 Å². The Balaban J connectivity index is 1.16. The number of carbonyl (C=O) groups excluding carboxylic acids is 2. The van der Waals surface area contributed by atoms with Gasteiger partial charge in [0.15, 0.2) is 0 Å². The van der Waals surface area contributed by atoms with Gasteiger partial charge < -0.3 is 10.6 Å². The van der Waals surface area contributed by atoms with Crippen molar-refractivity contribution < 1.29 is 26.4 Å². The van der Waals surface area contributed by atoms with E-state index in [2.05, 4.69) is 10.6 Å². The number of rotatable bonds is 10. The molecule has 2 N–H and O–H groups in total. The standard InChI is InChI=1S/C34H42N4O6S2/c1-37(29-9-5-3-6-10-29)45(41,42)31-21-17-27(18-22-31)35-33(39)25-13-15-26(16-14-25)34(40)36-28-19-23-32(24-20-28)46(43,44)38(2)30-11-7-4-8-12-30/h13-24,29-30H,3-12H2,1-2H3,(H,35,39)(H,36,40). The van der Waals surface area contributed by atoms with E-state index >= 15 is 0 Å². The summed E-state index contributed by atoms with van der Waals surface area (Å²) in [4.78, 5) is 26.1. The Labute approximate surface area is 272 Å². The summed E-state index contributed by atoms with van der Waals surface area (Å²) in [6, 6.07) is 18.3. The highest BCUT2D eigenvalue weighted by atomic mass is 32.2. The first-order chi connectivity index (χ1) is 22.0. The zero-order valence-corrected chi connectivity index (χ0v) is 27.9. The number of amides is 2. The third kappa shape index (κ3) is 7.68. The first-order valence-corrected chi connectivity index (χ1v) is 18.7. The van der Waals surface area contributed by atoms with E-state index in [0.29, 0.717) is 22.5 Å². The maximum Gasteiger partial charge on any atom is 0.255 e. The molecule has 46 heavy (non-hydrogen) atoms. The highest BCUT2D eigenvalue weighted by Gasteiger charge is 2.30. The zero-order valence-electron chi connectivity index (χ0n) is 26.3. The molecule has 10 nitrogen and oxygen atoms in total. The summed E-state index contributed by atoms with van der Waals surface area (Å²) in [5.74, 6) is -0.811. The molecule has 0 bridgehead atoms. The fourth-order valence-electron chi connectivity index (χ4n) is 6.21. The third-order valence-corrected chi connectivity index (χ3v) is 13.0. The zero-order chi connectivity index (χ0) is 32.9. The number of carbonyl (C=O) groups is 2. The third-order valence-electron chi connectivity index (χ3n) is 9.17. The van der Waals surface area contributed by atoms with E-state index in [0.717, 1.165) is 64.2 Å². The monoisotopic (exact) mass is 666 g/mol. The van der Waals surface area contributed by atoms with Crippen LogP contribution in [0.2, 0.25) is 0 Å². The van der Waals surface area contributed by atoms with Gasteiger partial charge in [-0.25, -0.2) is 16.8 Å². The second kappa shape index (κ2) is 14.5. The SMILES string of the molecule is CN(C1CCCCC1)S(=O)(=O)c1ccc(NC(=O)c2ccc(C(=O)Nc3ccc(S(=O)(=O)N(C)C4CCCCC4)cc3)cc2)cc1. The number of nitrogens with zero attached hydrogens (tertiary/aromatic N) is 2. The molecule has 0 spiro atoms. The molecule has 3 aromatic rings. The number of sulfonamides is 2. The van der Waals surface area contributed by atoms with Crippen molar-refractivity contribution >= 4 is 43.2 Å². The van der Waals surface area contributed by atoms with Crippen LogP contribution in [0.4, 0.5) is 11.4 Å². The minimum atomic E-state index is -3.63. The average Bonchev–Trinajstić information content (AvgIpc) is 3.08. The lowest BCUT2D eigenvalue weighted by molar-refractivity contribution is 0.101. The molecule has 246 valence electrons. The molecule has 12 heteroatoms. The molecule has 5 rings (SSSR count). The minimum absolute atomic E-state index is 0.00512. The second-order valence-corrected chi connectivity index (χ2v) is 16.2. The van der Waals surface area contributed by atoms with Crippen LogP contribution in [-0.4, -0.2) is 63.4 Å². The van der Waals surface area contributed by atoms with Crippen LogP contribution >= 0.6 is 0 Å². The van der Waals surface area contributed by atoms with Crippen LogP contribution in [0.1, 0.15) is 84.9 Å². The molecule has 2 aliphatic carbocycles. The first-order valence-electron chi connectivity index (χ1n) is 15.9. The van der Waals surface area contributed by atoms with Crippen molar-refractivity contribution in [1.29, 1.82) is 0 Å². The predicted octanol–water partition coefficient (Wildman–Crippen LogP) is 6.10. The summed E-state index contributed by atoms with van der Waals surface area (Å²) in [7, 11) is -4.01. The summed E-state index contributed by atoms with van der Waals surface area (Å²) >= 11 is 0. The van der Waals surface area contributed by atoms with E-state index in [9.17, 15) is 26.4 Å². The molecule has 0 unspecified atom stereocenters. The van der Waals surface area contributed by atoms with Crippen LogP contribution in [-0.2, 0) is 20.0 Å². The van der Waals surface area contributed by atoms with Gasteiger partial charge in [0.1, 0.15) is 0 Å². The van der Waals surface area contributed by atoms with Gasteiger partial charge in [0.2, 0.25) is 20.0 Å².